The number of rotatable bonds is 4. The second kappa shape index (κ2) is 7.64. The molecule has 1 saturated heterocycles. The Morgan fingerprint density at radius 1 is 1.08 bits per heavy atom. The second-order valence-electron chi connectivity index (χ2n) is 6.85. The summed E-state index contributed by atoms with van der Waals surface area (Å²) in [6.45, 7) is 8.40. The summed E-state index contributed by atoms with van der Waals surface area (Å²) in [4.78, 5) is 23.9. The first-order valence-corrected chi connectivity index (χ1v) is 8.98. The molecule has 1 N–H and O–H groups in total. The highest BCUT2D eigenvalue weighted by atomic mass is 16.1. The SMILES string of the molecule is Cc1ccc(C(=O)NCc2cc(C)nc(N3CCCCC3)n2)c(C)c1. The quantitative estimate of drug-likeness (QED) is 0.929. The number of carbonyl (C=O) groups excluding carboxylic acids is 1. The van der Waals surface area contributed by atoms with Crippen molar-refractivity contribution in [1.29, 1.82) is 0 Å². The third-order valence-corrected chi connectivity index (χ3v) is 4.59. The van der Waals surface area contributed by atoms with E-state index in [1.165, 1.54) is 19.3 Å². The lowest BCUT2D eigenvalue weighted by atomic mass is 10.1. The van der Waals surface area contributed by atoms with E-state index in [9.17, 15) is 4.79 Å². The maximum Gasteiger partial charge on any atom is 0.251 e. The Balaban J connectivity index is 1.70. The van der Waals surface area contributed by atoms with Crippen molar-refractivity contribution in [2.75, 3.05) is 18.0 Å². The molecule has 1 aliphatic rings. The summed E-state index contributed by atoms with van der Waals surface area (Å²) in [7, 11) is 0. The molecular weight excluding hydrogens is 312 g/mol. The number of nitrogens with one attached hydrogen (secondary N) is 1. The van der Waals surface area contributed by atoms with Crippen LogP contribution in [0.3, 0.4) is 0 Å². The number of hydrogen-bond acceptors (Lipinski definition) is 4. The van der Waals surface area contributed by atoms with Crippen LogP contribution in [0, 0.1) is 20.8 Å². The van der Waals surface area contributed by atoms with Gasteiger partial charge in [0, 0.05) is 24.3 Å². The fourth-order valence-corrected chi connectivity index (χ4v) is 3.28. The van der Waals surface area contributed by atoms with Gasteiger partial charge in [0.15, 0.2) is 0 Å². The van der Waals surface area contributed by atoms with Gasteiger partial charge in [0.05, 0.1) is 12.2 Å². The van der Waals surface area contributed by atoms with Crippen LogP contribution in [0.25, 0.3) is 0 Å². The second-order valence-corrected chi connectivity index (χ2v) is 6.85. The lowest BCUT2D eigenvalue weighted by Gasteiger charge is -2.27. The Kier molecular flexibility index (Phi) is 5.31. The van der Waals surface area contributed by atoms with Crippen LogP contribution in [0.5, 0.6) is 0 Å². The molecule has 0 aliphatic carbocycles. The molecule has 132 valence electrons. The zero-order valence-electron chi connectivity index (χ0n) is 15.3. The Morgan fingerprint density at radius 3 is 2.56 bits per heavy atom. The summed E-state index contributed by atoms with van der Waals surface area (Å²) in [5, 5.41) is 2.99. The first-order valence-electron chi connectivity index (χ1n) is 8.98. The number of benzene rings is 1. The number of aryl methyl sites for hydroxylation is 3. The average Bonchev–Trinajstić information content (AvgIpc) is 2.60. The maximum absolute atomic E-state index is 12.5. The summed E-state index contributed by atoms with van der Waals surface area (Å²) in [6, 6.07) is 7.81. The lowest BCUT2D eigenvalue weighted by Crippen LogP contribution is -2.32. The molecule has 1 fully saturated rings. The molecule has 1 aliphatic heterocycles. The van der Waals surface area contributed by atoms with Gasteiger partial charge in [-0.15, -0.1) is 0 Å². The van der Waals surface area contributed by atoms with Crippen LogP contribution in [0.15, 0.2) is 24.3 Å². The first kappa shape index (κ1) is 17.4. The van der Waals surface area contributed by atoms with Crippen LogP contribution < -0.4 is 10.2 Å². The summed E-state index contributed by atoms with van der Waals surface area (Å²) in [6.07, 6.45) is 3.66. The standard InChI is InChI=1S/C20H26N4O/c1-14-7-8-18(15(2)11-14)19(25)21-13-17-12-16(3)22-20(23-17)24-9-5-4-6-10-24/h7-8,11-12H,4-6,9-10,13H2,1-3H3,(H,21,25). The van der Waals surface area contributed by atoms with Gasteiger partial charge < -0.3 is 10.2 Å². The van der Waals surface area contributed by atoms with Crippen molar-refractivity contribution in [2.24, 2.45) is 0 Å². The molecule has 2 heterocycles. The van der Waals surface area contributed by atoms with Gasteiger partial charge in [-0.1, -0.05) is 17.7 Å². The normalized spacial score (nSPS) is 14.4. The molecule has 1 aromatic carbocycles. The van der Waals surface area contributed by atoms with Crippen LogP contribution in [0.1, 0.15) is 52.1 Å². The van der Waals surface area contributed by atoms with Gasteiger partial charge in [0.2, 0.25) is 5.95 Å². The molecule has 3 rings (SSSR count). The van der Waals surface area contributed by atoms with Crippen molar-refractivity contribution < 1.29 is 4.79 Å². The number of anilines is 1. The Hall–Kier alpha value is -2.43. The van der Waals surface area contributed by atoms with E-state index in [1.807, 2.05) is 45.0 Å². The van der Waals surface area contributed by atoms with E-state index in [1.54, 1.807) is 0 Å². The van der Waals surface area contributed by atoms with Gasteiger partial charge >= 0.3 is 0 Å². The van der Waals surface area contributed by atoms with Crippen molar-refractivity contribution in [2.45, 2.75) is 46.6 Å². The zero-order valence-corrected chi connectivity index (χ0v) is 15.3. The average molecular weight is 338 g/mol. The highest BCUT2D eigenvalue weighted by Crippen LogP contribution is 2.17. The van der Waals surface area contributed by atoms with Gasteiger partial charge in [-0.3, -0.25) is 4.79 Å². The number of aromatic nitrogens is 2. The van der Waals surface area contributed by atoms with E-state index in [2.05, 4.69) is 20.2 Å². The minimum absolute atomic E-state index is 0.0618. The predicted octanol–water partition coefficient (Wildman–Crippen LogP) is 3.32. The largest absolute Gasteiger partial charge is 0.346 e. The molecule has 0 unspecified atom stereocenters. The van der Waals surface area contributed by atoms with Crippen molar-refractivity contribution >= 4 is 11.9 Å². The van der Waals surface area contributed by atoms with Gasteiger partial charge in [0.25, 0.3) is 5.91 Å². The fourth-order valence-electron chi connectivity index (χ4n) is 3.28. The molecule has 0 radical (unpaired) electrons. The van der Waals surface area contributed by atoms with Crippen molar-refractivity contribution in [1.82, 2.24) is 15.3 Å². The molecule has 1 amide bonds. The molecule has 5 nitrogen and oxygen atoms in total. The van der Waals surface area contributed by atoms with Gasteiger partial charge in [-0.05, 0) is 57.7 Å². The molecule has 0 atom stereocenters. The van der Waals surface area contributed by atoms with Crippen molar-refractivity contribution in [3.8, 4) is 0 Å². The third kappa shape index (κ3) is 4.35. The lowest BCUT2D eigenvalue weighted by molar-refractivity contribution is 0.0950. The summed E-state index contributed by atoms with van der Waals surface area (Å²) in [5.74, 6) is 0.726. The summed E-state index contributed by atoms with van der Waals surface area (Å²) in [5.41, 5.74) is 4.65. The van der Waals surface area contributed by atoms with Crippen LogP contribution in [-0.4, -0.2) is 29.0 Å². The number of hydrogen-bond donors (Lipinski definition) is 1. The number of carbonyl (C=O) groups is 1. The Bertz CT molecular complexity index is 766. The van der Waals surface area contributed by atoms with Gasteiger partial charge in [-0.25, -0.2) is 9.97 Å². The number of piperidine rings is 1. The molecule has 5 heteroatoms. The van der Waals surface area contributed by atoms with E-state index >= 15 is 0 Å². The van der Waals surface area contributed by atoms with Crippen molar-refractivity contribution in [3.63, 3.8) is 0 Å². The summed E-state index contributed by atoms with van der Waals surface area (Å²) < 4.78 is 0. The maximum atomic E-state index is 12.5. The highest BCUT2D eigenvalue weighted by molar-refractivity contribution is 5.95. The van der Waals surface area contributed by atoms with Crippen LogP contribution in [0.4, 0.5) is 5.95 Å². The molecule has 0 saturated carbocycles. The minimum atomic E-state index is -0.0618. The molecular formula is C20H26N4O. The fraction of sp³-hybridized carbons (Fsp3) is 0.450. The van der Waals surface area contributed by atoms with Crippen molar-refractivity contribution in [3.05, 3.63) is 52.3 Å². The first-order chi connectivity index (χ1) is 12.0. The van der Waals surface area contributed by atoms with E-state index in [-0.39, 0.29) is 5.91 Å². The molecule has 0 bridgehead atoms. The highest BCUT2D eigenvalue weighted by Gasteiger charge is 2.15. The van der Waals surface area contributed by atoms with E-state index in [0.717, 1.165) is 41.6 Å². The number of nitrogens with zero attached hydrogens (tertiary/aromatic N) is 3. The van der Waals surface area contributed by atoms with Crippen LogP contribution >= 0.6 is 0 Å². The Morgan fingerprint density at radius 2 is 1.84 bits per heavy atom. The topological polar surface area (TPSA) is 58.1 Å². The van der Waals surface area contributed by atoms with Crippen LogP contribution in [-0.2, 0) is 6.54 Å². The monoisotopic (exact) mass is 338 g/mol. The minimum Gasteiger partial charge on any atom is -0.346 e. The molecule has 25 heavy (non-hydrogen) atoms. The van der Waals surface area contributed by atoms with Crippen LogP contribution in [0.2, 0.25) is 0 Å². The third-order valence-electron chi connectivity index (χ3n) is 4.59. The van der Waals surface area contributed by atoms with E-state index < -0.39 is 0 Å². The van der Waals surface area contributed by atoms with E-state index in [4.69, 9.17) is 0 Å². The van der Waals surface area contributed by atoms with Gasteiger partial charge in [0.1, 0.15) is 0 Å². The van der Waals surface area contributed by atoms with E-state index in [0.29, 0.717) is 12.1 Å². The molecule has 0 spiro atoms. The molecule has 2 aromatic rings. The Labute approximate surface area is 149 Å². The van der Waals surface area contributed by atoms with Gasteiger partial charge in [-0.2, -0.15) is 0 Å². The predicted molar refractivity (Wildman–Crippen MR) is 99.9 cm³/mol. The number of amides is 1. The molecule has 1 aromatic heterocycles. The smallest absolute Gasteiger partial charge is 0.251 e. The zero-order chi connectivity index (χ0) is 17.8. The summed E-state index contributed by atoms with van der Waals surface area (Å²) >= 11 is 0.